The van der Waals surface area contributed by atoms with Crippen LogP contribution in [0.5, 0.6) is 0 Å². The average Bonchev–Trinajstić information content (AvgIpc) is 2.38. The molecule has 1 aromatic carbocycles. The molecule has 4 heteroatoms. The average molecular weight is 279 g/mol. The number of carbonyl (C=O) groups is 1. The van der Waals surface area contributed by atoms with Crippen LogP contribution >= 0.6 is 12.2 Å². The van der Waals surface area contributed by atoms with E-state index >= 15 is 0 Å². The van der Waals surface area contributed by atoms with Crippen LogP contribution in [0.3, 0.4) is 0 Å². The van der Waals surface area contributed by atoms with Crippen molar-refractivity contribution in [2.24, 2.45) is 5.73 Å². The van der Waals surface area contributed by atoms with E-state index in [1.165, 1.54) is 12.8 Å². The van der Waals surface area contributed by atoms with Crippen molar-refractivity contribution in [3.63, 3.8) is 0 Å². The molecule has 0 saturated heterocycles. The smallest absolute Gasteiger partial charge is 0.338 e. The van der Waals surface area contributed by atoms with Gasteiger partial charge in [0.1, 0.15) is 0 Å². The molecule has 3 nitrogen and oxygen atoms in total. The van der Waals surface area contributed by atoms with Crippen LogP contribution in [0.4, 0.5) is 0 Å². The van der Waals surface area contributed by atoms with Crippen molar-refractivity contribution in [3.05, 3.63) is 35.4 Å². The number of nitrogens with two attached hydrogens (primary N) is 1. The van der Waals surface area contributed by atoms with Crippen molar-refractivity contribution in [1.82, 2.24) is 0 Å². The molecule has 0 spiro atoms. The zero-order valence-corrected chi connectivity index (χ0v) is 12.2. The maximum atomic E-state index is 12.0. The van der Waals surface area contributed by atoms with Crippen molar-refractivity contribution in [2.45, 2.75) is 39.0 Å². The van der Waals surface area contributed by atoms with Gasteiger partial charge in [0.25, 0.3) is 0 Å². The maximum Gasteiger partial charge on any atom is 0.338 e. The number of unbranched alkanes of at least 4 members (excludes halogenated alkanes) is 3. The Balaban J connectivity index is 2.54. The quantitative estimate of drug-likeness (QED) is 0.451. The minimum absolute atomic E-state index is 0.289. The van der Waals surface area contributed by atoms with Crippen LogP contribution in [-0.2, 0) is 11.2 Å². The molecule has 0 aromatic heterocycles. The lowest BCUT2D eigenvalue weighted by molar-refractivity contribution is 0.0497. The van der Waals surface area contributed by atoms with Crippen molar-refractivity contribution >= 4 is 23.2 Å². The van der Waals surface area contributed by atoms with Gasteiger partial charge >= 0.3 is 5.97 Å². The summed E-state index contributed by atoms with van der Waals surface area (Å²) in [5.41, 5.74) is 6.92. The van der Waals surface area contributed by atoms with Crippen LogP contribution in [0.25, 0.3) is 0 Å². The molecule has 0 fully saturated rings. The molecule has 2 N–H and O–H groups in total. The fraction of sp³-hybridized carbons (Fsp3) is 0.467. The largest absolute Gasteiger partial charge is 0.462 e. The second-order valence-corrected chi connectivity index (χ2v) is 5.02. The summed E-state index contributed by atoms with van der Waals surface area (Å²) >= 11 is 4.88. The predicted octanol–water partition coefficient (Wildman–Crippen LogP) is 3.25. The number of hydrogen-bond donors (Lipinski definition) is 1. The molecule has 1 aromatic rings. The highest BCUT2D eigenvalue weighted by Gasteiger charge is 2.12. The molecule has 0 aliphatic heterocycles. The Bertz CT molecular complexity index is 432. The lowest BCUT2D eigenvalue weighted by atomic mass is 10.0. The summed E-state index contributed by atoms with van der Waals surface area (Å²) < 4.78 is 5.27. The minimum Gasteiger partial charge on any atom is -0.462 e. The number of hydrogen-bond acceptors (Lipinski definition) is 3. The number of carbonyl (C=O) groups excluding carboxylic acids is 1. The van der Waals surface area contributed by atoms with E-state index < -0.39 is 0 Å². The Morgan fingerprint density at radius 1 is 1.26 bits per heavy atom. The third-order valence-electron chi connectivity index (χ3n) is 2.83. The summed E-state index contributed by atoms with van der Waals surface area (Å²) in [6.45, 7) is 2.62. The molecule has 1 rings (SSSR count). The van der Waals surface area contributed by atoms with Gasteiger partial charge in [0.05, 0.1) is 17.2 Å². The summed E-state index contributed by atoms with van der Waals surface area (Å²) in [7, 11) is 0. The summed E-state index contributed by atoms with van der Waals surface area (Å²) in [6, 6.07) is 7.29. The maximum absolute atomic E-state index is 12.0. The first-order valence-electron chi connectivity index (χ1n) is 6.68. The summed E-state index contributed by atoms with van der Waals surface area (Å²) in [6.07, 6.45) is 4.78. The molecule has 0 amide bonds. The minimum atomic E-state index is -0.289. The number of benzene rings is 1. The third-order valence-corrected chi connectivity index (χ3v) is 2.98. The van der Waals surface area contributed by atoms with Crippen LogP contribution < -0.4 is 5.73 Å². The Morgan fingerprint density at radius 2 is 2.00 bits per heavy atom. The number of rotatable bonds is 8. The number of ether oxygens (including phenoxy) is 1. The molecule has 0 atom stereocenters. The van der Waals surface area contributed by atoms with Gasteiger partial charge in [-0.2, -0.15) is 0 Å². The van der Waals surface area contributed by atoms with Crippen molar-refractivity contribution in [1.29, 1.82) is 0 Å². The van der Waals surface area contributed by atoms with Crippen LogP contribution in [0.1, 0.15) is 48.5 Å². The summed E-state index contributed by atoms with van der Waals surface area (Å²) in [5, 5.41) is 0. The lowest BCUT2D eigenvalue weighted by Crippen LogP contribution is -2.15. The van der Waals surface area contributed by atoms with Crippen LogP contribution in [0.2, 0.25) is 0 Å². The summed E-state index contributed by atoms with van der Waals surface area (Å²) in [4.78, 5) is 12.4. The van der Waals surface area contributed by atoms with Crippen molar-refractivity contribution < 1.29 is 9.53 Å². The van der Waals surface area contributed by atoms with Crippen molar-refractivity contribution in [2.75, 3.05) is 6.61 Å². The fourth-order valence-electron chi connectivity index (χ4n) is 1.83. The normalized spacial score (nSPS) is 10.2. The number of esters is 1. The molecular formula is C15H21NO2S. The van der Waals surface area contributed by atoms with E-state index in [4.69, 9.17) is 22.7 Å². The molecular weight excluding hydrogens is 258 g/mol. The predicted molar refractivity (Wildman–Crippen MR) is 81.4 cm³/mol. The van der Waals surface area contributed by atoms with E-state index in [0.717, 1.165) is 18.4 Å². The van der Waals surface area contributed by atoms with E-state index in [-0.39, 0.29) is 5.97 Å². The monoisotopic (exact) mass is 279 g/mol. The molecule has 0 aliphatic carbocycles. The molecule has 19 heavy (non-hydrogen) atoms. The van der Waals surface area contributed by atoms with Gasteiger partial charge in [0.15, 0.2) is 0 Å². The van der Waals surface area contributed by atoms with E-state index in [9.17, 15) is 4.79 Å². The van der Waals surface area contributed by atoms with Crippen LogP contribution in [0, 0.1) is 0 Å². The first-order chi connectivity index (χ1) is 9.15. The second kappa shape index (κ2) is 8.64. The SMILES string of the molecule is CCCCCCOC(=O)c1ccccc1CC(N)=S. The van der Waals surface area contributed by atoms with Crippen LogP contribution in [-0.4, -0.2) is 17.6 Å². The van der Waals surface area contributed by atoms with E-state index in [1.807, 2.05) is 18.2 Å². The molecule has 0 heterocycles. The van der Waals surface area contributed by atoms with E-state index in [2.05, 4.69) is 6.92 Å². The van der Waals surface area contributed by atoms with Gasteiger partial charge in [0.2, 0.25) is 0 Å². The number of thiocarbonyl (C=S) groups is 1. The topological polar surface area (TPSA) is 52.3 Å². The van der Waals surface area contributed by atoms with E-state index in [0.29, 0.717) is 23.6 Å². The highest BCUT2D eigenvalue weighted by atomic mass is 32.1. The highest BCUT2D eigenvalue weighted by molar-refractivity contribution is 7.80. The first kappa shape index (κ1) is 15.6. The summed E-state index contributed by atoms with van der Waals surface area (Å²) in [5.74, 6) is -0.289. The zero-order chi connectivity index (χ0) is 14.1. The van der Waals surface area contributed by atoms with Gasteiger partial charge in [-0.25, -0.2) is 4.79 Å². The molecule has 104 valence electrons. The van der Waals surface area contributed by atoms with Crippen molar-refractivity contribution in [3.8, 4) is 0 Å². The first-order valence-corrected chi connectivity index (χ1v) is 7.09. The second-order valence-electron chi connectivity index (χ2n) is 4.50. The fourth-order valence-corrected chi connectivity index (χ4v) is 1.99. The Kier molecular flexibility index (Phi) is 7.11. The Labute approximate surface area is 120 Å². The van der Waals surface area contributed by atoms with Gasteiger partial charge in [-0.3, -0.25) is 0 Å². The Hall–Kier alpha value is -1.42. The van der Waals surface area contributed by atoms with Gasteiger partial charge < -0.3 is 10.5 Å². The molecule has 0 aliphatic rings. The standard InChI is InChI=1S/C15H21NO2S/c1-2-3-4-7-10-18-15(17)13-9-6-5-8-12(13)11-14(16)19/h5-6,8-9H,2-4,7,10-11H2,1H3,(H2,16,19). The molecule has 0 bridgehead atoms. The van der Waals surface area contributed by atoms with Gasteiger partial charge in [-0.15, -0.1) is 0 Å². The third kappa shape index (κ3) is 5.83. The Morgan fingerprint density at radius 3 is 2.68 bits per heavy atom. The molecule has 0 unspecified atom stereocenters. The van der Waals surface area contributed by atoms with E-state index in [1.54, 1.807) is 6.07 Å². The highest BCUT2D eigenvalue weighted by Crippen LogP contribution is 2.12. The molecule has 0 radical (unpaired) electrons. The van der Waals surface area contributed by atoms with Gasteiger partial charge in [-0.05, 0) is 18.1 Å². The lowest BCUT2D eigenvalue weighted by Gasteiger charge is -2.09. The van der Waals surface area contributed by atoms with Gasteiger partial charge in [-0.1, -0.05) is 56.6 Å². The van der Waals surface area contributed by atoms with Crippen LogP contribution in [0.15, 0.2) is 24.3 Å². The van der Waals surface area contributed by atoms with Gasteiger partial charge in [0, 0.05) is 6.42 Å². The zero-order valence-electron chi connectivity index (χ0n) is 11.4. The molecule has 0 saturated carbocycles.